The maximum absolute atomic E-state index is 11.0. The fourth-order valence-corrected chi connectivity index (χ4v) is 0.943. The minimum Gasteiger partial charge on any atom is -0.295 e. The number of nitrogens with zero attached hydrogens (tertiary/aromatic N) is 2. The zero-order valence-corrected chi connectivity index (χ0v) is 8.32. The number of hydrogen-bond acceptors (Lipinski definition) is 3. The predicted molar refractivity (Wildman–Crippen MR) is 55.5 cm³/mol. The molecule has 0 aromatic heterocycles. The second-order valence-electron chi connectivity index (χ2n) is 2.80. The zero-order chi connectivity index (χ0) is 10.4. The van der Waals surface area contributed by atoms with Crippen molar-refractivity contribution in [3.05, 3.63) is 29.8 Å². The van der Waals surface area contributed by atoms with Crippen LogP contribution in [0.4, 0.5) is 5.69 Å². The molecule has 14 heavy (non-hydrogen) atoms. The lowest BCUT2D eigenvalue weighted by atomic mass is 10.1. The summed E-state index contributed by atoms with van der Waals surface area (Å²) in [6.45, 7) is 4.10. The van der Waals surface area contributed by atoms with E-state index in [1.807, 2.05) is 6.92 Å². The van der Waals surface area contributed by atoms with Crippen LogP contribution in [0.3, 0.4) is 0 Å². The smallest absolute Gasteiger partial charge is 0.159 e. The summed E-state index contributed by atoms with van der Waals surface area (Å²) in [5, 5.41) is 7.50. The van der Waals surface area contributed by atoms with E-state index in [9.17, 15) is 4.79 Å². The number of nitrogens with one attached hydrogen (secondary N) is 1. The molecule has 0 amide bonds. The normalized spacial score (nSPS) is 10.4. The fraction of sp³-hybridized carbons (Fsp3) is 0.300. The van der Waals surface area contributed by atoms with E-state index < -0.39 is 0 Å². The monoisotopic (exact) mass is 191 g/mol. The maximum Gasteiger partial charge on any atom is 0.159 e. The van der Waals surface area contributed by atoms with Gasteiger partial charge in [-0.15, -0.1) is 0 Å². The molecular formula is C10H13N3O. The highest BCUT2D eigenvalue weighted by Gasteiger charge is 1.97. The van der Waals surface area contributed by atoms with Gasteiger partial charge in [0.25, 0.3) is 0 Å². The van der Waals surface area contributed by atoms with Crippen molar-refractivity contribution in [2.24, 2.45) is 10.3 Å². The molecule has 0 saturated heterocycles. The third-order valence-electron chi connectivity index (χ3n) is 1.68. The van der Waals surface area contributed by atoms with Gasteiger partial charge >= 0.3 is 0 Å². The third-order valence-corrected chi connectivity index (χ3v) is 1.68. The van der Waals surface area contributed by atoms with E-state index in [4.69, 9.17) is 0 Å². The predicted octanol–water partition coefficient (Wildman–Crippen LogP) is 2.69. The van der Waals surface area contributed by atoms with Gasteiger partial charge in [-0.1, -0.05) is 5.22 Å². The summed E-state index contributed by atoms with van der Waals surface area (Å²) in [6.07, 6.45) is 0. The van der Waals surface area contributed by atoms with Crippen LogP contribution in [0.25, 0.3) is 0 Å². The van der Waals surface area contributed by atoms with Gasteiger partial charge < -0.3 is 0 Å². The average molecular weight is 191 g/mol. The molecule has 0 aliphatic rings. The lowest BCUT2D eigenvalue weighted by Crippen LogP contribution is -1.92. The van der Waals surface area contributed by atoms with Gasteiger partial charge in [-0.25, -0.2) is 0 Å². The van der Waals surface area contributed by atoms with E-state index in [0.29, 0.717) is 12.1 Å². The molecule has 0 aliphatic carbocycles. The average Bonchev–Trinajstić information content (AvgIpc) is 2.19. The van der Waals surface area contributed by atoms with Gasteiger partial charge in [0.15, 0.2) is 5.78 Å². The number of ketones is 1. The first-order valence-corrected chi connectivity index (χ1v) is 4.47. The Bertz CT molecular complexity index is 330. The first-order valence-electron chi connectivity index (χ1n) is 4.47. The van der Waals surface area contributed by atoms with Crippen molar-refractivity contribution in [1.82, 2.24) is 0 Å². The van der Waals surface area contributed by atoms with Crippen LogP contribution in [0.5, 0.6) is 0 Å². The molecule has 4 heteroatoms. The lowest BCUT2D eigenvalue weighted by molar-refractivity contribution is 0.101. The summed E-state index contributed by atoms with van der Waals surface area (Å²) in [4.78, 5) is 11.0. The number of rotatable bonds is 4. The minimum absolute atomic E-state index is 0.0618. The van der Waals surface area contributed by atoms with E-state index in [1.165, 1.54) is 0 Å². The molecule has 0 saturated carbocycles. The minimum atomic E-state index is 0.0618. The van der Waals surface area contributed by atoms with E-state index in [-0.39, 0.29) is 5.78 Å². The van der Waals surface area contributed by atoms with Gasteiger partial charge in [-0.05, 0) is 38.1 Å². The number of hydrogen-bond donors (Lipinski definition) is 1. The number of carbonyl (C=O) groups excluding carboxylic acids is 1. The van der Waals surface area contributed by atoms with Crippen LogP contribution < -0.4 is 5.43 Å². The molecule has 0 heterocycles. The number of carbonyl (C=O) groups is 1. The lowest BCUT2D eigenvalue weighted by Gasteiger charge is -1.99. The first kappa shape index (κ1) is 10.4. The largest absolute Gasteiger partial charge is 0.295 e. The van der Waals surface area contributed by atoms with Gasteiger partial charge in [-0.3, -0.25) is 10.2 Å². The van der Waals surface area contributed by atoms with Gasteiger partial charge in [0.1, 0.15) is 0 Å². The van der Waals surface area contributed by atoms with E-state index in [1.54, 1.807) is 31.2 Å². The van der Waals surface area contributed by atoms with Crippen molar-refractivity contribution in [2.75, 3.05) is 12.0 Å². The third kappa shape index (κ3) is 2.97. The summed E-state index contributed by atoms with van der Waals surface area (Å²) in [5.41, 5.74) is 4.28. The second-order valence-corrected chi connectivity index (χ2v) is 2.80. The van der Waals surface area contributed by atoms with Gasteiger partial charge in [0.05, 0.1) is 12.2 Å². The Labute approximate surface area is 83.0 Å². The van der Waals surface area contributed by atoms with Gasteiger partial charge in [0, 0.05) is 5.56 Å². The Morgan fingerprint density at radius 3 is 2.50 bits per heavy atom. The first-order chi connectivity index (χ1) is 6.74. The summed E-state index contributed by atoms with van der Waals surface area (Å²) >= 11 is 0. The van der Waals surface area contributed by atoms with Crippen LogP contribution in [-0.2, 0) is 0 Å². The molecule has 1 aromatic carbocycles. The summed E-state index contributed by atoms with van der Waals surface area (Å²) in [7, 11) is 0. The molecule has 0 aliphatic heterocycles. The second kappa shape index (κ2) is 5.11. The Morgan fingerprint density at radius 1 is 1.36 bits per heavy atom. The summed E-state index contributed by atoms with van der Waals surface area (Å²) in [6, 6.07) is 7.11. The van der Waals surface area contributed by atoms with Crippen LogP contribution in [0, 0.1) is 0 Å². The molecule has 74 valence electrons. The van der Waals surface area contributed by atoms with Gasteiger partial charge in [-0.2, -0.15) is 5.11 Å². The van der Waals surface area contributed by atoms with Crippen LogP contribution in [-0.4, -0.2) is 12.3 Å². The highest BCUT2D eigenvalue weighted by Crippen LogP contribution is 2.09. The van der Waals surface area contributed by atoms with E-state index >= 15 is 0 Å². The van der Waals surface area contributed by atoms with Crippen LogP contribution in [0.1, 0.15) is 24.2 Å². The highest BCUT2D eigenvalue weighted by molar-refractivity contribution is 5.94. The maximum atomic E-state index is 11.0. The summed E-state index contributed by atoms with van der Waals surface area (Å²) in [5.74, 6) is 0.0618. The van der Waals surface area contributed by atoms with Crippen molar-refractivity contribution in [3.8, 4) is 0 Å². The molecule has 1 N–H and O–H groups in total. The van der Waals surface area contributed by atoms with Crippen LogP contribution in [0.15, 0.2) is 34.6 Å². The van der Waals surface area contributed by atoms with Crippen molar-refractivity contribution in [1.29, 1.82) is 0 Å². The Kier molecular flexibility index (Phi) is 3.79. The Morgan fingerprint density at radius 2 is 2.00 bits per heavy atom. The van der Waals surface area contributed by atoms with E-state index in [2.05, 4.69) is 15.8 Å². The highest BCUT2D eigenvalue weighted by atomic mass is 16.1. The quantitative estimate of drug-likeness (QED) is 0.452. The molecule has 1 rings (SSSR count). The molecule has 0 radical (unpaired) electrons. The number of Topliss-reactive ketones (excluding diaryl/α,β-unsaturated/α-hetero) is 1. The standard InChI is InChI=1S/C10H13N3O/c1-3-11-13-12-10-6-4-9(5-7-10)8(2)14/h4-7H,3H2,1-2H3,(H,11,12). The molecule has 4 nitrogen and oxygen atoms in total. The number of benzene rings is 1. The topological polar surface area (TPSA) is 53.8 Å². The molecule has 0 fully saturated rings. The Hall–Kier alpha value is -1.71. The SMILES string of the molecule is CCN=NNc1ccc(C(C)=O)cc1. The Balaban J connectivity index is 2.64. The van der Waals surface area contributed by atoms with E-state index in [0.717, 1.165) is 5.69 Å². The van der Waals surface area contributed by atoms with Crippen molar-refractivity contribution in [2.45, 2.75) is 13.8 Å². The number of anilines is 1. The fourth-order valence-electron chi connectivity index (χ4n) is 0.943. The molecule has 1 aromatic rings. The molecule has 0 atom stereocenters. The van der Waals surface area contributed by atoms with Crippen molar-refractivity contribution < 1.29 is 4.79 Å². The summed E-state index contributed by atoms with van der Waals surface area (Å²) < 4.78 is 0. The van der Waals surface area contributed by atoms with Crippen LogP contribution in [0.2, 0.25) is 0 Å². The van der Waals surface area contributed by atoms with Crippen molar-refractivity contribution >= 4 is 11.5 Å². The molecule has 0 unspecified atom stereocenters. The van der Waals surface area contributed by atoms with Gasteiger partial charge in [0.2, 0.25) is 0 Å². The molecule has 0 bridgehead atoms. The molecular weight excluding hydrogens is 178 g/mol. The zero-order valence-electron chi connectivity index (χ0n) is 8.32. The molecule has 0 spiro atoms. The van der Waals surface area contributed by atoms with Crippen molar-refractivity contribution in [3.63, 3.8) is 0 Å². The van der Waals surface area contributed by atoms with Crippen LogP contribution >= 0.6 is 0 Å².